The topological polar surface area (TPSA) is 62.2 Å². The Morgan fingerprint density at radius 3 is 3.15 bits per heavy atom. The van der Waals surface area contributed by atoms with Gasteiger partial charge >= 0.3 is 0 Å². The van der Waals surface area contributed by atoms with Crippen LogP contribution in [0.3, 0.4) is 0 Å². The summed E-state index contributed by atoms with van der Waals surface area (Å²) < 4.78 is 1.95. The van der Waals surface area contributed by atoms with Gasteiger partial charge in [0, 0.05) is 24.8 Å². The minimum atomic E-state index is 0.0357. The molecule has 0 saturated carbocycles. The van der Waals surface area contributed by atoms with E-state index in [-0.39, 0.29) is 5.91 Å². The zero-order valence-corrected chi connectivity index (χ0v) is 12.0. The highest BCUT2D eigenvalue weighted by atomic mass is 16.2. The average Bonchev–Trinajstić information content (AvgIpc) is 3.12. The van der Waals surface area contributed by atoms with E-state index < -0.39 is 0 Å². The molecule has 0 bridgehead atoms. The Morgan fingerprint density at radius 2 is 2.45 bits per heavy atom. The third-order valence-corrected chi connectivity index (χ3v) is 4.32. The number of carbonyl (C=O) groups is 1. The van der Waals surface area contributed by atoms with Crippen molar-refractivity contribution in [1.82, 2.24) is 20.0 Å². The Balaban J connectivity index is 1.53. The van der Waals surface area contributed by atoms with E-state index in [2.05, 4.69) is 27.6 Å². The Morgan fingerprint density at radius 1 is 1.55 bits per heavy atom. The molecular formula is C14H23N5O. The van der Waals surface area contributed by atoms with Crippen molar-refractivity contribution in [3.05, 3.63) is 12.3 Å². The van der Waals surface area contributed by atoms with Crippen LogP contribution >= 0.6 is 0 Å². The van der Waals surface area contributed by atoms with E-state index in [0.29, 0.717) is 24.4 Å². The normalized spacial score (nSPS) is 27.1. The summed E-state index contributed by atoms with van der Waals surface area (Å²) >= 11 is 0. The fourth-order valence-corrected chi connectivity index (χ4v) is 3.07. The standard InChI is InChI=1S/C14H23N5O/c1-11-3-2-7-18(11)10-14(20)16-13-5-8-19(17-13)12-4-6-15-9-12/h5,8,11-12,15H,2-4,6-7,9-10H2,1H3,(H,16,17,20). The summed E-state index contributed by atoms with van der Waals surface area (Å²) in [4.78, 5) is 14.3. The van der Waals surface area contributed by atoms with Gasteiger partial charge in [0.1, 0.15) is 0 Å². The molecule has 2 atom stereocenters. The number of hydrogen-bond donors (Lipinski definition) is 2. The monoisotopic (exact) mass is 277 g/mol. The number of nitrogens with zero attached hydrogens (tertiary/aromatic N) is 3. The molecule has 6 heteroatoms. The van der Waals surface area contributed by atoms with Crippen LogP contribution in [0.15, 0.2) is 12.3 Å². The molecule has 3 rings (SSSR count). The largest absolute Gasteiger partial charge is 0.315 e. The first-order valence-electron chi connectivity index (χ1n) is 7.52. The molecule has 0 spiro atoms. The number of rotatable bonds is 4. The zero-order chi connectivity index (χ0) is 13.9. The minimum Gasteiger partial charge on any atom is -0.315 e. The van der Waals surface area contributed by atoms with Gasteiger partial charge in [0.25, 0.3) is 0 Å². The molecule has 2 aliphatic heterocycles. The third-order valence-electron chi connectivity index (χ3n) is 4.32. The van der Waals surface area contributed by atoms with Gasteiger partial charge in [-0.15, -0.1) is 0 Å². The van der Waals surface area contributed by atoms with E-state index in [0.717, 1.165) is 26.1 Å². The van der Waals surface area contributed by atoms with E-state index in [1.54, 1.807) is 0 Å². The molecule has 0 aliphatic carbocycles. The summed E-state index contributed by atoms with van der Waals surface area (Å²) in [7, 11) is 0. The highest BCUT2D eigenvalue weighted by Gasteiger charge is 2.23. The maximum absolute atomic E-state index is 12.0. The van der Waals surface area contributed by atoms with Crippen LogP contribution in [-0.2, 0) is 4.79 Å². The number of aromatic nitrogens is 2. The molecule has 2 fully saturated rings. The molecule has 1 aromatic heterocycles. The SMILES string of the molecule is CC1CCCN1CC(=O)Nc1ccn(C2CCNC2)n1. The Bertz CT molecular complexity index is 466. The van der Waals surface area contributed by atoms with Crippen LogP contribution in [0.4, 0.5) is 5.82 Å². The van der Waals surface area contributed by atoms with Crippen LogP contribution in [-0.4, -0.2) is 52.8 Å². The summed E-state index contributed by atoms with van der Waals surface area (Å²) in [6.07, 6.45) is 5.43. The number of carbonyl (C=O) groups excluding carboxylic acids is 1. The second kappa shape index (κ2) is 5.93. The summed E-state index contributed by atoms with van der Waals surface area (Å²) in [6, 6.07) is 2.81. The number of amides is 1. The lowest BCUT2D eigenvalue weighted by Crippen LogP contribution is -2.35. The van der Waals surface area contributed by atoms with Crippen molar-refractivity contribution >= 4 is 11.7 Å². The van der Waals surface area contributed by atoms with Gasteiger partial charge in [0.05, 0.1) is 12.6 Å². The van der Waals surface area contributed by atoms with Gasteiger partial charge < -0.3 is 10.6 Å². The first kappa shape index (κ1) is 13.6. The van der Waals surface area contributed by atoms with Crippen molar-refractivity contribution < 1.29 is 4.79 Å². The fraction of sp³-hybridized carbons (Fsp3) is 0.714. The smallest absolute Gasteiger partial charge is 0.239 e. The van der Waals surface area contributed by atoms with Crippen LogP contribution in [0, 0.1) is 0 Å². The van der Waals surface area contributed by atoms with Crippen LogP contribution in [0.5, 0.6) is 0 Å². The molecule has 3 heterocycles. The summed E-state index contributed by atoms with van der Waals surface area (Å²) in [6.45, 7) is 5.68. The van der Waals surface area contributed by atoms with Crippen molar-refractivity contribution in [3.8, 4) is 0 Å². The first-order chi connectivity index (χ1) is 9.72. The highest BCUT2D eigenvalue weighted by Crippen LogP contribution is 2.17. The molecule has 0 aromatic carbocycles. The molecule has 1 aromatic rings. The molecular weight excluding hydrogens is 254 g/mol. The van der Waals surface area contributed by atoms with Gasteiger partial charge in [0.2, 0.25) is 5.91 Å². The maximum Gasteiger partial charge on any atom is 0.239 e. The van der Waals surface area contributed by atoms with Crippen LogP contribution in [0.25, 0.3) is 0 Å². The highest BCUT2D eigenvalue weighted by molar-refractivity contribution is 5.91. The average molecular weight is 277 g/mol. The maximum atomic E-state index is 12.0. The molecule has 2 aliphatic rings. The second-order valence-electron chi connectivity index (χ2n) is 5.84. The molecule has 2 saturated heterocycles. The zero-order valence-electron chi connectivity index (χ0n) is 12.0. The van der Waals surface area contributed by atoms with Gasteiger partial charge in [-0.3, -0.25) is 14.4 Å². The minimum absolute atomic E-state index is 0.0357. The fourth-order valence-electron chi connectivity index (χ4n) is 3.07. The van der Waals surface area contributed by atoms with Crippen molar-refractivity contribution in [3.63, 3.8) is 0 Å². The van der Waals surface area contributed by atoms with E-state index in [9.17, 15) is 4.79 Å². The van der Waals surface area contributed by atoms with Crippen LogP contribution < -0.4 is 10.6 Å². The van der Waals surface area contributed by atoms with Gasteiger partial charge in [-0.05, 0) is 39.3 Å². The Hall–Kier alpha value is -1.40. The van der Waals surface area contributed by atoms with Gasteiger partial charge in [0.15, 0.2) is 5.82 Å². The summed E-state index contributed by atoms with van der Waals surface area (Å²) in [5, 5.41) is 10.7. The first-order valence-corrected chi connectivity index (χ1v) is 7.52. The Kier molecular flexibility index (Phi) is 4.03. The molecule has 0 radical (unpaired) electrons. The number of likely N-dealkylation sites (tertiary alicyclic amines) is 1. The summed E-state index contributed by atoms with van der Waals surface area (Å²) in [5.74, 6) is 0.697. The number of anilines is 1. The molecule has 2 N–H and O–H groups in total. The molecule has 6 nitrogen and oxygen atoms in total. The van der Waals surface area contributed by atoms with E-state index >= 15 is 0 Å². The quantitative estimate of drug-likeness (QED) is 0.856. The lowest BCUT2D eigenvalue weighted by molar-refractivity contribution is -0.117. The van der Waals surface area contributed by atoms with E-state index in [1.807, 2.05) is 16.9 Å². The lowest BCUT2D eigenvalue weighted by atomic mass is 10.2. The van der Waals surface area contributed by atoms with Crippen molar-refractivity contribution in [2.24, 2.45) is 0 Å². The van der Waals surface area contributed by atoms with Crippen LogP contribution in [0.2, 0.25) is 0 Å². The van der Waals surface area contributed by atoms with Gasteiger partial charge in [-0.1, -0.05) is 0 Å². The number of nitrogens with one attached hydrogen (secondary N) is 2. The van der Waals surface area contributed by atoms with Gasteiger partial charge in [-0.25, -0.2) is 0 Å². The summed E-state index contributed by atoms with van der Waals surface area (Å²) in [5.41, 5.74) is 0. The van der Waals surface area contributed by atoms with E-state index in [4.69, 9.17) is 0 Å². The molecule has 1 amide bonds. The molecule has 2 unspecified atom stereocenters. The van der Waals surface area contributed by atoms with Crippen LogP contribution in [0.1, 0.15) is 32.2 Å². The van der Waals surface area contributed by atoms with Gasteiger partial charge in [-0.2, -0.15) is 5.10 Å². The third kappa shape index (κ3) is 3.02. The van der Waals surface area contributed by atoms with Crippen molar-refractivity contribution in [2.75, 3.05) is 31.5 Å². The lowest BCUT2D eigenvalue weighted by Gasteiger charge is -2.19. The number of hydrogen-bond acceptors (Lipinski definition) is 4. The Labute approximate surface area is 119 Å². The predicted molar refractivity (Wildman–Crippen MR) is 77.6 cm³/mol. The van der Waals surface area contributed by atoms with E-state index in [1.165, 1.54) is 12.8 Å². The second-order valence-corrected chi connectivity index (χ2v) is 5.84. The molecule has 20 heavy (non-hydrogen) atoms. The van der Waals surface area contributed by atoms with Crippen molar-refractivity contribution in [1.29, 1.82) is 0 Å². The predicted octanol–water partition coefficient (Wildman–Crippen LogP) is 0.840. The van der Waals surface area contributed by atoms with Crippen molar-refractivity contribution in [2.45, 2.75) is 38.3 Å². The molecule has 110 valence electrons.